The Morgan fingerprint density at radius 1 is 1.09 bits per heavy atom. The minimum Gasteiger partial charge on any atom is -0.373 e. The van der Waals surface area contributed by atoms with Gasteiger partial charge in [0.15, 0.2) is 5.78 Å². The molecule has 1 unspecified atom stereocenters. The van der Waals surface area contributed by atoms with Crippen molar-refractivity contribution in [3.05, 3.63) is 65.7 Å². The van der Waals surface area contributed by atoms with E-state index in [0.29, 0.717) is 5.92 Å². The summed E-state index contributed by atoms with van der Waals surface area (Å²) in [4.78, 5) is 12.7. The molecule has 0 saturated heterocycles. The van der Waals surface area contributed by atoms with Crippen molar-refractivity contribution in [1.29, 1.82) is 0 Å². The van der Waals surface area contributed by atoms with Crippen LogP contribution in [0.15, 0.2) is 54.6 Å². The summed E-state index contributed by atoms with van der Waals surface area (Å²) in [6.45, 7) is 8.27. The molecule has 0 amide bonds. The van der Waals surface area contributed by atoms with Crippen molar-refractivity contribution in [2.75, 3.05) is 5.32 Å². The number of hydrogen-bond donors (Lipinski definition) is 1. The average molecular weight is 295 g/mol. The van der Waals surface area contributed by atoms with Gasteiger partial charge in [-0.1, -0.05) is 56.3 Å². The Morgan fingerprint density at radius 3 is 2.41 bits per heavy atom. The molecular weight excluding hydrogens is 270 g/mol. The van der Waals surface area contributed by atoms with Crippen LogP contribution in [0.25, 0.3) is 0 Å². The predicted molar refractivity (Wildman–Crippen MR) is 93.6 cm³/mol. The van der Waals surface area contributed by atoms with Gasteiger partial charge in [0.1, 0.15) is 0 Å². The van der Waals surface area contributed by atoms with Crippen molar-refractivity contribution in [3.63, 3.8) is 0 Å². The minimum atomic E-state index is -0.643. The zero-order valence-electron chi connectivity index (χ0n) is 13.9. The number of rotatable bonds is 6. The molecule has 116 valence electrons. The minimum absolute atomic E-state index is 0.0991. The van der Waals surface area contributed by atoms with Gasteiger partial charge in [-0.3, -0.25) is 4.79 Å². The fourth-order valence-electron chi connectivity index (χ4n) is 2.53. The van der Waals surface area contributed by atoms with Gasteiger partial charge in [0.25, 0.3) is 0 Å². The van der Waals surface area contributed by atoms with Crippen molar-refractivity contribution in [2.45, 2.75) is 45.6 Å². The summed E-state index contributed by atoms with van der Waals surface area (Å²) >= 11 is 0. The molecule has 2 heteroatoms. The van der Waals surface area contributed by atoms with Gasteiger partial charge < -0.3 is 5.32 Å². The first-order valence-electron chi connectivity index (χ1n) is 7.92. The van der Waals surface area contributed by atoms with Crippen molar-refractivity contribution in [1.82, 2.24) is 0 Å². The normalized spacial score (nSPS) is 12.7. The van der Waals surface area contributed by atoms with Gasteiger partial charge >= 0.3 is 0 Å². The van der Waals surface area contributed by atoms with Crippen molar-refractivity contribution < 1.29 is 4.79 Å². The first kappa shape index (κ1) is 16.3. The van der Waals surface area contributed by atoms with Crippen LogP contribution in [0.3, 0.4) is 0 Å². The molecule has 1 atom stereocenters. The molecule has 0 saturated carbocycles. The Balaban J connectivity index is 2.20. The fraction of sp³-hybridized carbons (Fsp3) is 0.350. The van der Waals surface area contributed by atoms with Crippen LogP contribution in [0.1, 0.15) is 56.0 Å². The molecule has 2 rings (SSSR count). The number of benzene rings is 2. The van der Waals surface area contributed by atoms with Gasteiger partial charge in [-0.15, -0.1) is 0 Å². The van der Waals surface area contributed by atoms with Gasteiger partial charge in [-0.2, -0.15) is 0 Å². The third kappa shape index (κ3) is 3.76. The predicted octanol–water partition coefficient (Wildman–Crippen LogP) is 5.27. The molecule has 0 bridgehead atoms. The van der Waals surface area contributed by atoms with Crippen LogP contribution in [0.2, 0.25) is 0 Å². The molecule has 0 aliphatic carbocycles. The first-order valence-corrected chi connectivity index (χ1v) is 7.92. The summed E-state index contributed by atoms with van der Waals surface area (Å²) < 4.78 is 0. The second-order valence-corrected chi connectivity index (χ2v) is 6.38. The van der Waals surface area contributed by atoms with E-state index in [1.54, 1.807) is 0 Å². The van der Waals surface area contributed by atoms with E-state index in [4.69, 9.17) is 0 Å². The molecule has 0 heterocycles. The summed E-state index contributed by atoms with van der Waals surface area (Å²) in [5.41, 5.74) is 2.38. The lowest BCUT2D eigenvalue weighted by Gasteiger charge is -2.26. The molecule has 2 nitrogen and oxygen atoms in total. The van der Waals surface area contributed by atoms with Crippen LogP contribution < -0.4 is 5.32 Å². The average Bonchev–Trinajstić information content (AvgIpc) is 2.54. The van der Waals surface area contributed by atoms with Crippen molar-refractivity contribution >= 4 is 11.5 Å². The maximum Gasteiger partial charge on any atom is 0.187 e. The number of anilines is 1. The molecule has 0 aliphatic rings. The molecule has 0 radical (unpaired) electrons. The van der Waals surface area contributed by atoms with Crippen LogP contribution in [0.5, 0.6) is 0 Å². The highest BCUT2D eigenvalue weighted by atomic mass is 16.1. The van der Waals surface area contributed by atoms with Gasteiger partial charge in [0, 0.05) is 11.3 Å². The SMILES string of the molecule is CCC(C)c1cccc(NC(C)(C)C(=O)c2ccccc2)c1. The molecule has 0 fully saturated rings. The first-order chi connectivity index (χ1) is 10.4. The highest BCUT2D eigenvalue weighted by Gasteiger charge is 2.28. The highest BCUT2D eigenvalue weighted by Crippen LogP contribution is 2.25. The molecule has 2 aromatic carbocycles. The van der Waals surface area contributed by atoms with Crippen LogP contribution in [0, 0.1) is 0 Å². The van der Waals surface area contributed by atoms with E-state index in [2.05, 4.69) is 31.3 Å². The fourth-order valence-corrected chi connectivity index (χ4v) is 2.53. The Hall–Kier alpha value is -2.09. The highest BCUT2D eigenvalue weighted by molar-refractivity contribution is 6.04. The third-order valence-electron chi connectivity index (χ3n) is 4.13. The zero-order valence-corrected chi connectivity index (χ0v) is 13.9. The number of ketones is 1. The summed E-state index contributed by atoms with van der Waals surface area (Å²) in [5, 5.41) is 3.39. The van der Waals surface area contributed by atoms with E-state index in [0.717, 1.165) is 17.7 Å². The van der Waals surface area contributed by atoms with E-state index in [9.17, 15) is 4.79 Å². The maximum atomic E-state index is 12.7. The van der Waals surface area contributed by atoms with Crippen LogP contribution in [-0.4, -0.2) is 11.3 Å². The lowest BCUT2D eigenvalue weighted by Crippen LogP contribution is -2.40. The van der Waals surface area contributed by atoms with E-state index >= 15 is 0 Å². The Morgan fingerprint density at radius 2 is 1.77 bits per heavy atom. The molecule has 0 aromatic heterocycles. The van der Waals surface area contributed by atoms with E-state index in [1.165, 1.54) is 5.56 Å². The topological polar surface area (TPSA) is 29.1 Å². The molecule has 0 spiro atoms. The smallest absolute Gasteiger partial charge is 0.187 e. The standard InChI is InChI=1S/C20H25NO/c1-5-15(2)17-12-9-13-18(14-17)21-20(3,4)19(22)16-10-7-6-8-11-16/h6-15,21H,5H2,1-4H3. The van der Waals surface area contributed by atoms with E-state index in [1.807, 2.05) is 56.3 Å². The monoisotopic (exact) mass is 295 g/mol. The van der Waals surface area contributed by atoms with Crippen LogP contribution in [0.4, 0.5) is 5.69 Å². The number of Topliss-reactive ketones (excluding diaryl/α,β-unsaturated/α-hetero) is 1. The molecule has 2 aromatic rings. The lowest BCUT2D eigenvalue weighted by atomic mass is 9.92. The third-order valence-corrected chi connectivity index (χ3v) is 4.13. The Kier molecular flexibility index (Phi) is 5.02. The molecule has 22 heavy (non-hydrogen) atoms. The van der Waals surface area contributed by atoms with Crippen molar-refractivity contribution in [3.8, 4) is 0 Å². The second-order valence-electron chi connectivity index (χ2n) is 6.38. The maximum absolute atomic E-state index is 12.7. The van der Waals surface area contributed by atoms with E-state index in [-0.39, 0.29) is 5.78 Å². The number of carbonyl (C=O) groups is 1. The number of nitrogens with one attached hydrogen (secondary N) is 1. The lowest BCUT2D eigenvalue weighted by molar-refractivity contribution is 0.0927. The van der Waals surface area contributed by atoms with Gasteiger partial charge in [0.05, 0.1) is 5.54 Å². The molecular formula is C20H25NO. The number of hydrogen-bond acceptors (Lipinski definition) is 2. The van der Waals surface area contributed by atoms with Crippen LogP contribution in [-0.2, 0) is 0 Å². The number of carbonyl (C=O) groups excluding carboxylic acids is 1. The zero-order chi connectivity index (χ0) is 16.2. The quantitative estimate of drug-likeness (QED) is 0.735. The summed E-state index contributed by atoms with van der Waals surface area (Å²) in [5.74, 6) is 0.622. The summed E-state index contributed by atoms with van der Waals surface area (Å²) in [6.07, 6.45) is 1.11. The second kappa shape index (κ2) is 6.78. The Labute approximate surface area is 133 Å². The summed E-state index contributed by atoms with van der Waals surface area (Å²) in [7, 11) is 0. The van der Waals surface area contributed by atoms with Crippen molar-refractivity contribution in [2.24, 2.45) is 0 Å². The van der Waals surface area contributed by atoms with E-state index < -0.39 is 5.54 Å². The summed E-state index contributed by atoms with van der Waals surface area (Å²) in [6, 6.07) is 17.8. The largest absolute Gasteiger partial charge is 0.373 e. The Bertz CT molecular complexity index is 631. The molecule has 0 aliphatic heterocycles. The van der Waals surface area contributed by atoms with Gasteiger partial charge in [0.2, 0.25) is 0 Å². The van der Waals surface area contributed by atoms with Gasteiger partial charge in [-0.05, 0) is 43.9 Å². The molecule has 1 N–H and O–H groups in total. The van der Waals surface area contributed by atoms with Crippen LogP contribution >= 0.6 is 0 Å². The van der Waals surface area contributed by atoms with Gasteiger partial charge in [-0.25, -0.2) is 0 Å².